The molecule has 1 amide bonds. The fourth-order valence-corrected chi connectivity index (χ4v) is 2.21. The number of aromatic nitrogens is 3. The van der Waals surface area contributed by atoms with Crippen LogP contribution in [0.25, 0.3) is 11.0 Å². The summed E-state index contributed by atoms with van der Waals surface area (Å²) in [6.07, 6.45) is 2.05. The van der Waals surface area contributed by atoms with Gasteiger partial charge in [0, 0.05) is 12.8 Å². The standard InChI is InChI=1S/C16H16N4O3/c1-10-8-18-15(23-10)9-17-14(21)7-6-13-16(22)20-12-5-3-2-4-11(12)19-13/h2-5,8H,6-7,9H2,1H3,(H,17,21)(H,20,22). The van der Waals surface area contributed by atoms with Gasteiger partial charge in [-0.2, -0.15) is 0 Å². The molecule has 0 saturated heterocycles. The van der Waals surface area contributed by atoms with Gasteiger partial charge in [0.05, 0.1) is 23.8 Å². The van der Waals surface area contributed by atoms with Crippen molar-refractivity contribution in [2.75, 3.05) is 0 Å². The van der Waals surface area contributed by atoms with E-state index in [9.17, 15) is 9.59 Å². The molecule has 7 nitrogen and oxygen atoms in total. The Labute approximate surface area is 131 Å². The topological polar surface area (TPSA) is 101 Å². The van der Waals surface area contributed by atoms with Gasteiger partial charge in [-0.15, -0.1) is 0 Å². The number of amides is 1. The van der Waals surface area contributed by atoms with E-state index in [1.807, 2.05) is 18.2 Å². The minimum atomic E-state index is -0.264. The maximum atomic E-state index is 12.0. The van der Waals surface area contributed by atoms with E-state index in [2.05, 4.69) is 20.3 Å². The van der Waals surface area contributed by atoms with Crippen LogP contribution in [0.3, 0.4) is 0 Å². The van der Waals surface area contributed by atoms with Crippen molar-refractivity contribution in [2.45, 2.75) is 26.3 Å². The van der Waals surface area contributed by atoms with Gasteiger partial charge in [0.15, 0.2) is 0 Å². The summed E-state index contributed by atoms with van der Waals surface area (Å²) in [7, 11) is 0. The molecule has 0 saturated carbocycles. The number of fused-ring (bicyclic) bond motifs is 1. The Balaban J connectivity index is 1.60. The normalized spacial score (nSPS) is 10.8. The lowest BCUT2D eigenvalue weighted by atomic mass is 10.2. The summed E-state index contributed by atoms with van der Waals surface area (Å²) < 4.78 is 5.27. The summed E-state index contributed by atoms with van der Waals surface area (Å²) in [4.78, 5) is 34.9. The first kappa shape index (κ1) is 15.0. The van der Waals surface area contributed by atoms with Crippen LogP contribution in [-0.4, -0.2) is 20.9 Å². The monoisotopic (exact) mass is 312 g/mol. The number of aryl methyl sites for hydroxylation is 2. The number of hydrogen-bond acceptors (Lipinski definition) is 5. The zero-order valence-electron chi connectivity index (χ0n) is 12.6. The van der Waals surface area contributed by atoms with Crippen LogP contribution in [-0.2, 0) is 17.8 Å². The van der Waals surface area contributed by atoms with E-state index in [-0.39, 0.29) is 30.9 Å². The van der Waals surface area contributed by atoms with E-state index in [1.54, 1.807) is 19.2 Å². The van der Waals surface area contributed by atoms with Gasteiger partial charge in [-0.1, -0.05) is 12.1 Å². The Morgan fingerprint density at radius 2 is 2.17 bits per heavy atom. The fraction of sp³-hybridized carbons (Fsp3) is 0.250. The lowest BCUT2D eigenvalue weighted by Crippen LogP contribution is -2.25. The zero-order valence-corrected chi connectivity index (χ0v) is 12.6. The van der Waals surface area contributed by atoms with Gasteiger partial charge in [-0.25, -0.2) is 9.97 Å². The molecule has 0 radical (unpaired) electrons. The van der Waals surface area contributed by atoms with E-state index >= 15 is 0 Å². The molecule has 2 aromatic heterocycles. The molecule has 1 aromatic carbocycles. The minimum Gasteiger partial charge on any atom is -0.444 e. The average Bonchev–Trinajstić information content (AvgIpc) is 2.96. The number of para-hydroxylation sites is 2. The van der Waals surface area contributed by atoms with E-state index in [4.69, 9.17) is 4.42 Å². The lowest BCUT2D eigenvalue weighted by Gasteiger charge is -2.04. The molecule has 7 heteroatoms. The Hall–Kier alpha value is -2.96. The summed E-state index contributed by atoms with van der Waals surface area (Å²) in [5.74, 6) is 0.967. The third-order valence-electron chi connectivity index (χ3n) is 3.36. The quantitative estimate of drug-likeness (QED) is 0.743. The van der Waals surface area contributed by atoms with Gasteiger partial charge in [0.2, 0.25) is 11.8 Å². The van der Waals surface area contributed by atoms with Gasteiger partial charge in [-0.05, 0) is 19.1 Å². The third-order valence-corrected chi connectivity index (χ3v) is 3.36. The first-order valence-electron chi connectivity index (χ1n) is 7.28. The summed E-state index contributed by atoms with van der Waals surface area (Å²) in [5.41, 5.74) is 1.48. The van der Waals surface area contributed by atoms with E-state index in [1.165, 1.54) is 0 Å². The number of hydrogen-bond donors (Lipinski definition) is 2. The second kappa shape index (κ2) is 6.43. The average molecular weight is 312 g/mol. The van der Waals surface area contributed by atoms with Crippen LogP contribution in [0, 0.1) is 6.92 Å². The van der Waals surface area contributed by atoms with Crippen molar-refractivity contribution in [3.63, 3.8) is 0 Å². The maximum Gasteiger partial charge on any atom is 0.270 e. The molecule has 0 unspecified atom stereocenters. The number of nitrogens with zero attached hydrogens (tertiary/aromatic N) is 2. The number of oxazole rings is 1. The highest BCUT2D eigenvalue weighted by Gasteiger charge is 2.09. The minimum absolute atomic E-state index is 0.175. The number of rotatable bonds is 5. The van der Waals surface area contributed by atoms with E-state index < -0.39 is 0 Å². The third kappa shape index (κ3) is 3.63. The Kier molecular flexibility index (Phi) is 4.18. The number of carbonyl (C=O) groups excluding carboxylic acids is 1. The van der Waals surface area contributed by atoms with Crippen molar-refractivity contribution in [2.24, 2.45) is 0 Å². The second-order valence-electron chi connectivity index (χ2n) is 5.17. The highest BCUT2D eigenvalue weighted by molar-refractivity contribution is 5.76. The number of carbonyl (C=O) groups is 1. The van der Waals surface area contributed by atoms with Crippen molar-refractivity contribution in [3.05, 3.63) is 58.2 Å². The molecule has 3 rings (SSSR count). The van der Waals surface area contributed by atoms with Crippen LogP contribution in [0.4, 0.5) is 0 Å². The van der Waals surface area contributed by atoms with Gasteiger partial charge in [0.1, 0.15) is 11.5 Å². The number of H-pyrrole nitrogens is 1. The highest BCUT2D eigenvalue weighted by atomic mass is 16.4. The van der Waals surface area contributed by atoms with E-state index in [0.29, 0.717) is 28.4 Å². The second-order valence-corrected chi connectivity index (χ2v) is 5.17. The van der Waals surface area contributed by atoms with Gasteiger partial charge >= 0.3 is 0 Å². The molecule has 23 heavy (non-hydrogen) atoms. The number of nitrogens with one attached hydrogen (secondary N) is 2. The predicted molar refractivity (Wildman–Crippen MR) is 83.8 cm³/mol. The van der Waals surface area contributed by atoms with Crippen LogP contribution in [0.2, 0.25) is 0 Å². The summed E-state index contributed by atoms with van der Waals surface area (Å²) in [5, 5.41) is 2.70. The molecule has 0 aliphatic carbocycles. The fourth-order valence-electron chi connectivity index (χ4n) is 2.21. The first-order chi connectivity index (χ1) is 11.1. The Morgan fingerprint density at radius 3 is 2.96 bits per heavy atom. The smallest absolute Gasteiger partial charge is 0.270 e. The number of benzene rings is 1. The first-order valence-corrected chi connectivity index (χ1v) is 7.28. The summed E-state index contributed by atoms with van der Waals surface area (Å²) in [6, 6.07) is 7.29. The van der Waals surface area contributed by atoms with Crippen molar-refractivity contribution >= 4 is 16.9 Å². The van der Waals surface area contributed by atoms with Crippen molar-refractivity contribution in [3.8, 4) is 0 Å². The van der Waals surface area contributed by atoms with Crippen LogP contribution >= 0.6 is 0 Å². The molecule has 2 heterocycles. The lowest BCUT2D eigenvalue weighted by molar-refractivity contribution is -0.121. The van der Waals surface area contributed by atoms with Crippen molar-refractivity contribution in [1.82, 2.24) is 20.3 Å². The van der Waals surface area contributed by atoms with Crippen molar-refractivity contribution < 1.29 is 9.21 Å². The molecule has 0 aliphatic heterocycles. The van der Waals surface area contributed by atoms with Crippen LogP contribution in [0.1, 0.15) is 23.8 Å². The summed E-state index contributed by atoms with van der Waals surface area (Å²) in [6.45, 7) is 2.02. The molecule has 0 spiro atoms. The zero-order chi connectivity index (χ0) is 16.2. The molecular formula is C16H16N4O3. The Bertz CT molecular complexity index is 897. The molecule has 2 N–H and O–H groups in total. The molecule has 0 aliphatic rings. The maximum absolute atomic E-state index is 12.0. The van der Waals surface area contributed by atoms with Crippen LogP contribution < -0.4 is 10.9 Å². The summed E-state index contributed by atoms with van der Waals surface area (Å²) >= 11 is 0. The Morgan fingerprint density at radius 1 is 1.35 bits per heavy atom. The van der Waals surface area contributed by atoms with Gasteiger partial charge in [0.25, 0.3) is 5.56 Å². The largest absolute Gasteiger partial charge is 0.444 e. The van der Waals surface area contributed by atoms with Gasteiger partial charge in [-0.3, -0.25) is 9.59 Å². The van der Waals surface area contributed by atoms with Crippen LogP contribution in [0.5, 0.6) is 0 Å². The molecule has 118 valence electrons. The molecular weight excluding hydrogens is 296 g/mol. The SMILES string of the molecule is Cc1cnc(CNC(=O)CCc2nc3ccccc3[nH]c2=O)o1. The predicted octanol–water partition coefficient (Wildman–Crippen LogP) is 1.47. The molecule has 0 fully saturated rings. The molecule has 0 bridgehead atoms. The molecule has 3 aromatic rings. The number of aromatic amines is 1. The molecule has 0 atom stereocenters. The van der Waals surface area contributed by atoms with E-state index in [0.717, 1.165) is 0 Å². The van der Waals surface area contributed by atoms with Gasteiger partial charge < -0.3 is 14.7 Å². The van der Waals surface area contributed by atoms with Crippen LogP contribution in [0.15, 0.2) is 39.7 Å². The highest BCUT2D eigenvalue weighted by Crippen LogP contribution is 2.07. The van der Waals surface area contributed by atoms with Crippen molar-refractivity contribution in [1.29, 1.82) is 0 Å².